The molecule has 11 nitrogen and oxygen atoms in total. The molecular formula is C26H34N4O7. The molecule has 0 bridgehead atoms. The van der Waals surface area contributed by atoms with E-state index in [1.165, 1.54) is 15.9 Å². The number of rotatable bonds is 6. The SMILES string of the molecule is CCOC(=O)N1CCN(C(=O)C(CC(=O)OC(C)(C)C)NC(=O)c2cc(O)c3ccc(C)cc3n2)CC1. The second-order valence-electron chi connectivity index (χ2n) is 9.88. The summed E-state index contributed by atoms with van der Waals surface area (Å²) in [6.07, 6.45) is -0.843. The highest BCUT2D eigenvalue weighted by Crippen LogP contribution is 2.25. The Hall–Kier alpha value is -3.89. The molecule has 0 aliphatic carbocycles. The maximum Gasteiger partial charge on any atom is 0.409 e. The van der Waals surface area contributed by atoms with Crippen LogP contribution in [0.5, 0.6) is 5.75 Å². The van der Waals surface area contributed by atoms with Gasteiger partial charge in [0, 0.05) is 37.6 Å². The predicted octanol–water partition coefficient (Wildman–Crippen LogP) is 2.38. The minimum Gasteiger partial charge on any atom is -0.507 e. The van der Waals surface area contributed by atoms with Gasteiger partial charge in [-0.3, -0.25) is 14.4 Å². The summed E-state index contributed by atoms with van der Waals surface area (Å²) in [5, 5.41) is 13.5. The van der Waals surface area contributed by atoms with Crippen LogP contribution < -0.4 is 5.32 Å². The summed E-state index contributed by atoms with van der Waals surface area (Å²) in [6, 6.07) is 5.26. The predicted molar refractivity (Wildman–Crippen MR) is 135 cm³/mol. The Morgan fingerprint density at radius 1 is 1.08 bits per heavy atom. The maximum atomic E-state index is 13.4. The third-order valence-electron chi connectivity index (χ3n) is 5.69. The number of hydrogen-bond acceptors (Lipinski definition) is 8. The van der Waals surface area contributed by atoms with Gasteiger partial charge in [-0.05, 0) is 52.3 Å². The maximum absolute atomic E-state index is 13.4. The Kier molecular flexibility index (Phi) is 8.57. The van der Waals surface area contributed by atoms with E-state index in [9.17, 15) is 24.3 Å². The molecule has 37 heavy (non-hydrogen) atoms. The fraction of sp³-hybridized carbons (Fsp3) is 0.500. The zero-order chi connectivity index (χ0) is 27.3. The number of aromatic hydroxyl groups is 1. The minimum atomic E-state index is -1.23. The summed E-state index contributed by atoms with van der Waals surface area (Å²) >= 11 is 0. The highest BCUT2D eigenvalue weighted by Gasteiger charge is 2.33. The molecule has 0 saturated carbocycles. The standard InChI is InChI=1S/C26H34N4O7/c1-6-36-25(35)30-11-9-29(10-12-30)24(34)20(15-22(32)37-26(3,4)5)28-23(33)19-14-21(31)17-8-7-16(2)13-18(17)27-19/h7-8,13-14,20H,6,9-12,15H2,1-5H3,(H,27,31)(H,28,33). The molecule has 11 heteroatoms. The summed E-state index contributed by atoms with van der Waals surface area (Å²) in [7, 11) is 0. The number of nitrogens with one attached hydrogen (secondary N) is 1. The summed E-state index contributed by atoms with van der Waals surface area (Å²) in [6.45, 7) is 9.90. The fourth-order valence-corrected chi connectivity index (χ4v) is 3.96. The van der Waals surface area contributed by atoms with Crippen LogP contribution in [0.3, 0.4) is 0 Å². The summed E-state index contributed by atoms with van der Waals surface area (Å²) in [5.41, 5.74) is 0.459. The lowest BCUT2D eigenvalue weighted by atomic mass is 10.1. The molecule has 1 aromatic carbocycles. The Bertz CT molecular complexity index is 1180. The molecule has 1 fully saturated rings. The van der Waals surface area contributed by atoms with E-state index in [0.717, 1.165) is 5.56 Å². The van der Waals surface area contributed by atoms with Gasteiger partial charge < -0.3 is 29.7 Å². The number of piperazine rings is 1. The number of amides is 3. The van der Waals surface area contributed by atoms with Gasteiger partial charge in [0.05, 0.1) is 18.5 Å². The van der Waals surface area contributed by atoms with Crippen molar-refractivity contribution in [2.24, 2.45) is 0 Å². The van der Waals surface area contributed by atoms with E-state index < -0.39 is 41.9 Å². The lowest BCUT2D eigenvalue weighted by Crippen LogP contribution is -2.56. The first kappa shape index (κ1) is 27.7. The average molecular weight is 515 g/mol. The molecule has 1 aliphatic heterocycles. The minimum absolute atomic E-state index is 0.0929. The van der Waals surface area contributed by atoms with Gasteiger partial charge in [-0.1, -0.05) is 6.07 Å². The largest absolute Gasteiger partial charge is 0.507 e. The van der Waals surface area contributed by atoms with E-state index in [0.29, 0.717) is 10.9 Å². The van der Waals surface area contributed by atoms with Gasteiger partial charge in [0.25, 0.3) is 5.91 Å². The summed E-state index contributed by atoms with van der Waals surface area (Å²) in [5.74, 6) is -1.98. The number of esters is 1. The highest BCUT2D eigenvalue weighted by molar-refractivity contribution is 6.00. The molecule has 2 heterocycles. The van der Waals surface area contributed by atoms with Gasteiger partial charge in [-0.25, -0.2) is 9.78 Å². The number of aromatic nitrogens is 1. The first-order valence-electron chi connectivity index (χ1n) is 12.2. The first-order valence-corrected chi connectivity index (χ1v) is 12.2. The molecule has 2 N–H and O–H groups in total. The lowest BCUT2D eigenvalue weighted by Gasteiger charge is -2.36. The van der Waals surface area contributed by atoms with Crippen LogP contribution in [0.1, 0.15) is 50.2 Å². The molecule has 1 unspecified atom stereocenters. The summed E-state index contributed by atoms with van der Waals surface area (Å²) in [4.78, 5) is 58.4. The molecule has 200 valence electrons. The Morgan fingerprint density at radius 2 is 1.73 bits per heavy atom. The van der Waals surface area contributed by atoms with Gasteiger partial charge in [0.1, 0.15) is 23.1 Å². The number of carbonyl (C=O) groups is 4. The fourth-order valence-electron chi connectivity index (χ4n) is 3.96. The van der Waals surface area contributed by atoms with Crippen LogP contribution >= 0.6 is 0 Å². The molecule has 3 amide bonds. The number of hydrogen-bond donors (Lipinski definition) is 2. The number of fused-ring (bicyclic) bond motifs is 1. The van der Waals surface area contributed by atoms with Gasteiger partial charge in [0.15, 0.2) is 0 Å². The Morgan fingerprint density at radius 3 is 2.35 bits per heavy atom. The first-order chi connectivity index (χ1) is 17.4. The number of nitrogens with zero attached hydrogens (tertiary/aromatic N) is 3. The number of ether oxygens (including phenoxy) is 2. The van der Waals surface area contributed by atoms with Crippen LogP contribution in [0.15, 0.2) is 24.3 Å². The van der Waals surface area contributed by atoms with E-state index in [1.54, 1.807) is 39.8 Å². The lowest BCUT2D eigenvalue weighted by molar-refractivity contribution is -0.157. The number of carbonyl (C=O) groups excluding carboxylic acids is 4. The van der Waals surface area contributed by atoms with Crippen LogP contribution in [-0.2, 0) is 19.1 Å². The topological polar surface area (TPSA) is 138 Å². The van der Waals surface area contributed by atoms with Crippen molar-refractivity contribution in [2.75, 3.05) is 32.8 Å². The van der Waals surface area contributed by atoms with Crippen molar-refractivity contribution in [3.63, 3.8) is 0 Å². The average Bonchev–Trinajstić information content (AvgIpc) is 2.81. The molecule has 1 aromatic heterocycles. The van der Waals surface area contributed by atoms with E-state index in [1.807, 2.05) is 13.0 Å². The monoisotopic (exact) mass is 514 g/mol. The number of pyridine rings is 1. The third-order valence-corrected chi connectivity index (χ3v) is 5.69. The smallest absolute Gasteiger partial charge is 0.409 e. The summed E-state index contributed by atoms with van der Waals surface area (Å²) < 4.78 is 10.4. The van der Waals surface area contributed by atoms with E-state index in [4.69, 9.17) is 9.47 Å². The molecule has 1 saturated heterocycles. The number of aryl methyl sites for hydroxylation is 1. The molecule has 0 radical (unpaired) electrons. The van der Waals surface area contributed by atoms with E-state index in [2.05, 4.69) is 10.3 Å². The second kappa shape index (κ2) is 11.4. The van der Waals surface area contributed by atoms with Crippen molar-refractivity contribution >= 4 is 34.8 Å². The van der Waals surface area contributed by atoms with Crippen molar-refractivity contribution in [2.45, 2.75) is 52.7 Å². The third kappa shape index (κ3) is 7.31. The number of benzene rings is 1. The quantitative estimate of drug-likeness (QED) is 0.561. The van der Waals surface area contributed by atoms with Crippen molar-refractivity contribution < 1.29 is 33.8 Å². The molecule has 0 spiro atoms. The molecule has 2 aromatic rings. The van der Waals surface area contributed by atoms with Crippen LogP contribution in [-0.4, -0.2) is 88.2 Å². The van der Waals surface area contributed by atoms with Gasteiger partial charge in [-0.15, -0.1) is 0 Å². The van der Waals surface area contributed by atoms with Crippen LogP contribution in [0.2, 0.25) is 0 Å². The van der Waals surface area contributed by atoms with E-state index >= 15 is 0 Å². The molecule has 3 rings (SSSR count). The highest BCUT2D eigenvalue weighted by atomic mass is 16.6. The Balaban J connectivity index is 1.79. The normalized spacial score (nSPS) is 14.7. The Labute approximate surface area is 215 Å². The molecule has 1 atom stereocenters. The van der Waals surface area contributed by atoms with Crippen molar-refractivity contribution in [1.29, 1.82) is 0 Å². The second-order valence-corrected chi connectivity index (χ2v) is 9.88. The van der Waals surface area contributed by atoms with E-state index in [-0.39, 0.29) is 44.2 Å². The van der Waals surface area contributed by atoms with Gasteiger partial charge in [0.2, 0.25) is 5.91 Å². The van der Waals surface area contributed by atoms with Crippen molar-refractivity contribution in [3.05, 3.63) is 35.5 Å². The zero-order valence-corrected chi connectivity index (χ0v) is 21.9. The van der Waals surface area contributed by atoms with Crippen LogP contribution in [0, 0.1) is 6.92 Å². The van der Waals surface area contributed by atoms with Gasteiger partial charge in [-0.2, -0.15) is 0 Å². The molecular weight excluding hydrogens is 480 g/mol. The van der Waals surface area contributed by atoms with Crippen molar-refractivity contribution in [1.82, 2.24) is 20.1 Å². The van der Waals surface area contributed by atoms with Gasteiger partial charge >= 0.3 is 12.1 Å². The van der Waals surface area contributed by atoms with Crippen LogP contribution in [0.4, 0.5) is 4.79 Å². The zero-order valence-electron chi connectivity index (χ0n) is 21.9. The van der Waals surface area contributed by atoms with Crippen LogP contribution in [0.25, 0.3) is 10.9 Å². The molecule has 1 aliphatic rings. The van der Waals surface area contributed by atoms with Crippen molar-refractivity contribution in [3.8, 4) is 5.75 Å².